The quantitative estimate of drug-likeness (QED) is 0.872. The molecular formula is C15H20N4O. The van der Waals surface area contributed by atoms with Crippen molar-refractivity contribution in [3.05, 3.63) is 46.1 Å². The number of aromatic amines is 1. The number of aryl methyl sites for hydroxylation is 1. The molecule has 0 fully saturated rings. The van der Waals surface area contributed by atoms with Crippen molar-refractivity contribution in [3.8, 4) is 11.4 Å². The van der Waals surface area contributed by atoms with E-state index in [-0.39, 0.29) is 5.56 Å². The lowest BCUT2D eigenvalue weighted by Gasteiger charge is -2.09. The van der Waals surface area contributed by atoms with E-state index in [4.69, 9.17) is 0 Å². The number of hydrogen-bond donors (Lipinski definition) is 2. The number of nitrogens with one attached hydrogen (secondary N) is 2. The second-order valence-electron chi connectivity index (χ2n) is 5.30. The third-order valence-electron chi connectivity index (χ3n) is 2.93. The molecule has 2 heterocycles. The predicted molar refractivity (Wildman–Crippen MR) is 79.4 cm³/mol. The molecule has 0 saturated heterocycles. The van der Waals surface area contributed by atoms with E-state index in [2.05, 4.69) is 34.1 Å². The van der Waals surface area contributed by atoms with Crippen molar-refractivity contribution in [3.63, 3.8) is 0 Å². The molecule has 0 atom stereocenters. The molecule has 106 valence electrons. The lowest BCUT2D eigenvalue weighted by molar-refractivity contribution is 0.548. The summed E-state index contributed by atoms with van der Waals surface area (Å²) in [6, 6.07) is 3.40. The zero-order valence-electron chi connectivity index (χ0n) is 12.1. The SMILES string of the molecule is Cc1cnccc1-c1nc(CNCC(C)C)cc(=O)[nH]1. The van der Waals surface area contributed by atoms with Gasteiger partial charge in [-0.1, -0.05) is 13.8 Å². The molecular weight excluding hydrogens is 252 g/mol. The Labute approximate surface area is 118 Å². The summed E-state index contributed by atoms with van der Waals surface area (Å²) in [5.74, 6) is 1.16. The minimum atomic E-state index is -0.132. The standard InChI is InChI=1S/C15H20N4O/c1-10(2)7-17-9-12-6-14(20)19-15(18-12)13-4-5-16-8-11(13)3/h4-6,8,10,17H,7,9H2,1-3H3,(H,18,19,20). The van der Waals surface area contributed by atoms with Crippen LogP contribution in [0.4, 0.5) is 0 Å². The maximum Gasteiger partial charge on any atom is 0.251 e. The summed E-state index contributed by atoms with van der Waals surface area (Å²) < 4.78 is 0. The van der Waals surface area contributed by atoms with Gasteiger partial charge in [-0.15, -0.1) is 0 Å². The van der Waals surface area contributed by atoms with Gasteiger partial charge in [-0.2, -0.15) is 0 Å². The lowest BCUT2D eigenvalue weighted by Crippen LogP contribution is -2.21. The van der Waals surface area contributed by atoms with Crippen molar-refractivity contribution in [1.29, 1.82) is 0 Å². The minimum Gasteiger partial charge on any atom is -0.311 e. The van der Waals surface area contributed by atoms with E-state index >= 15 is 0 Å². The van der Waals surface area contributed by atoms with E-state index in [1.165, 1.54) is 6.07 Å². The Kier molecular flexibility index (Phi) is 4.63. The highest BCUT2D eigenvalue weighted by molar-refractivity contribution is 5.58. The zero-order chi connectivity index (χ0) is 14.5. The number of pyridine rings is 1. The van der Waals surface area contributed by atoms with Crippen LogP contribution in [0.25, 0.3) is 11.4 Å². The molecule has 2 aromatic rings. The monoisotopic (exact) mass is 272 g/mol. The van der Waals surface area contributed by atoms with Crippen LogP contribution in [0.5, 0.6) is 0 Å². The predicted octanol–water partition coefficient (Wildman–Crippen LogP) is 1.89. The third-order valence-corrected chi connectivity index (χ3v) is 2.93. The number of H-pyrrole nitrogens is 1. The van der Waals surface area contributed by atoms with Gasteiger partial charge in [0.25, 0.3) is 5.56 Å². The Hall–Kier alpha value is -2.01. The van der Waals surface area contributed by atoms with Crippen molar-refractivity contribution in [2.45, 2.75) is 27.3 Å². The minimum absolute atomic E-state index is 0.132. The van der Waals surface area contributed by atoms with Crippen LogP contribution in [-0.4, -0.2) is 21.5 Å². The lowest BCUT2D eigenvalue weighted by atomic mass is 10.1. The van der Waals surface area contributed by atoms with Gasteiger partial charge in [0.2, 0.25) is 0 Å². The Balaban J connectivity index is 2.25. The number of aromatic nitrogens is 3. The van der Waals surface area contributed by atoms with E-state index in [0.29, 0.717) is 18.3 Å². The molecule has 0 saturated carbocycles. The van der Waals surface area contributed by atoms with E-state index in [1.54, 1.807) is 12.4 Å². The fraction of sp³-hybridized carbons (Fsp3) is 0.400. The summed E-state index contributed by atoms with van der Waals surface area (Å²) in [7, 11) is 0. The maximum atomic E-state index is 11.8. The summed E-state index contributed by atoms with van der Waals surface area (Å²) in [6.07, 6.45) is 3.46. The summed E-state index contributed by atoms with van der Waals surface area (Å²) >= 11 is 0. The third kappa shape index (κ3) is 3.74. The van der Waals surface area contributed by atoms with Crippen LogP contribution in [0.15, 0.2) is 29.3 Å². The molecule has 2 aromatic heterocycles. The van der Waals surface area contributed by atoms with Crippen LogP contribution in [0.1, 0.15) is 25.1 Å². The van der Waals surface area contributed by atoms with Gasteiger partial charge in [-0.3, -0.25) is 9.78 Å². The fourth-order valence-electron chi connectivity index (χ4n) is 1.95. The van der Waals surface area contributed by atoms with Gasteiger partial charge in [-0.25, -0.2) is 4.98 Å². The van der Waals surface area contributed by atoms with E-state index in [0.717, 1.165) is 23.4 Å². The van der Waals surface area contributed by atoms with Crippen molar-refractivity contribution < 1.29 is 0 Å². The van der Waals surface area contributed by atoms with Gasteiger partial charge < -0.3 is 10.3 Å². The second kappa shape index (κ2) is 6.43. The van der Waals surface area contributed by atoms with Crippen molar-refractivity contribution >= 4 is 0 Å². The Morgan fingerprint density at radius 1 is 1.40 bits per heavy atom. The average Bonchev–Trinajstić information content (AvgIpc) is 2.38. The highest BCUT2D eigenvalue weighted by Gasteiger charge is 2.06. The normalized spacial score (nSPS) is 11.0. The molecule has 2 rings (SSSR count). The van der Waals surface area contributed by atoms with Crippen LogP contribution < -0.4 is 10.9 Å². The number of hydrogen-bond acceptors (Lipinski definition) is 4. The van der Waals surface area contributed by atoms with Crippen LogP contribution in [-0.2, 0) is 6.54 Å². The van der Waals surface area contributed by atoms with Crippen LogP contribution >= 0.6 is 0 Å². The van der Waals surface area contributed by atoms with Crippen molar-refractivity contribution in [2.75, 3.05) is 6.54 Å². The van der Waals surface area contributed by atoms with Gasteiger partial charge in [0.1, 0.15) is 5.82 Å². The molecule has 0 bridgehead atoms. The molecule has 5 nitrogen and oxygen atoms in total. The molecule has 0 radical (unpaired) electrons. The van der Waals surface area contributed by atoms with Crippen LogP contribution in [0, 0.1) is 12.8 Å². The highest BCUT2D eigenvalue weighted by Crippen LogP contribution is 2.16. The molecule has 0 unspecified atom stereocenters. The first-order chi connectivity index (χ1) is 9.56. The molecule has 0 aromatic carbocycles. The fourth-order valence-corrected chi connectivity index (χ4v) is 1.95. The van der Waals surface area contributed by atoms with E-state index in [1.807, 2.05) is 13.0 Å². The first kappa shape index (κ1) is 14.4. The van der Waals surface area contributed by atoms with Crippen LogP contribution in [0.3, 0.4) is 0 Å². The average molecular weight is 272 g/mol. The van der Waals surface area contributed by atoms with Crippen molar-refractivity contribution in [1.82, 2.24) is 20.3 Å². The van der Waals surface area contributed by atoms with Gasteiger partial charge in [0.15, 0.2) is 0 Å². The summed E-state index contributed by atoms with van der Waals surface area (Å²) in [5, 5.41) is 3.29. The topological polar surface area (TPSA) is 70.7 Å². The smallest absolute Gasteiger partial charge is 0.251 e. The summed E-state index contributed by atoms with van der Waals surface area (Å²) in [5.41, 5.74) is 2.51. The molecule has 0 spiro atoms. The first-order valence-corrected chi connectivity index (χ1v) is 6.78. The maximum absolute atomic E-state index is 11.8. The highest BCUT2D eigenvalue weighted by atomic mass is 16.1. The molecule has 0 aliphatic carbocycles. The van der Waals surface area contributed by atoms with E-state index in [9.17, 15) is 4.79 Å². The molecule has 5 heteroatoms. The molecule has 0 amide bonds. The van der Waals surface area contributed by atoms with E-state index < -0.39 is 0 Å². The molecule has 20 heavy (non-hydrogen) atoms. The zero-order valence-corrected chi connectivity index (χ0v) is 12.1. The number of rotatable bonds is 5. The largest absolute Gasteiger partial charge is 0.311 e. The number of nitrogens with zero attached hydrogens (tertiary/aromatic N) is 2. The summed E-state index contributed by atoms with van der Waals surface area (Å²) in [6.45, 7) is 7.73. The molecule has 0 aliphatic heterocycles. The van der Waals surface area contributed by atoms with Gasteiger partial charge in [0.05, 0.1) is 5.69 Å². The van der Waals surface area contributed by atoms with Gasteiger partial charge in [0, 0.05) is 30.6 Å². The van der Waals surface area contributed by atoms with Gasteiger partial charge >= 0.3 is 0 Å². The summed E-state index contributed by atoms with van der Waals surface area (Å²) in [4.78, 5) is 23.1. The molecule has 2 N–H and O–H groups in total. The first-order valence-electron chi connectivity index (χ1n) is 6.78. The van der Waals surface area contributed by atoms with Gasteiger partial charge in [-0.05, 0) is 31.0 Å². The van der Waals surface area contributed by atoms with Crippen LogP contribution in [0.2, 0.25) is 0 Å². The van der Waals surface area contributed by atoms with Crippen molar-refractivity contribution in [2.24, 2.45) is 5.92 Å². The Bertz CT molecular complexity index is 634. The Morgan fingerprint density at radius 3 is 2.90 bits per heavy atom. The Morgan fingerprint density at radius 2 is 2.20 bits per heavy atom. The second-order valence-corrected chi connectivity index (χ2v) is 5.30. The molecule has 0 aliphatic rings.